The number of imidazole rings is 1. The normalized spacial score (nSPS) is 12.6. The van der Waals surface area contributed by atoms with Crippen molar-refractivity contribution in [3.05, 3.63) is 88.5 Å². The summed E-state index contributed by atoms with van der Waals surface area (Å²) in [5.74, 6) is 1.47. The van der Waals surface area contributed by atoms with Crippen LogP contribution in [0.3, 0.4) is 0 Å². The SMILES string of the molecule is Nc1nc2ncn(Cc3ccc4ccccc4c3)c2c(=O)n1Cc1ccc2c(c1)OCO2. The molecule has 6 rings (SSSR count). The van der Waals surface area contributed by atoms with Crippen LogP contribution in [0.5, 0.6) is 11.5 Å². The van der Waals surface area contributed by atoms with Crippen molar-refractivity contribution in [3.8, 4) is 11.5 Å². The third kappa shape index (κ3) is 3.04. The van der Waals surface area contributed by atoms with Gasteiger partial charge in [-0.15, -0.1) is 0 Å². The molecule has 2 aromatic heterocycles. The number of rotatable bonds is 4. The van der Waals surface area contributed by atoms with Gasteiger partial charge in [0.1, 0.15) is 0 Å². The van der Waals surface area contributed by atoms with Crippen molar-refractivity contribution in [2.24, 2.45) is 0 Å². The summed E-state index contributed by atoms with van der Waals surface area (Å²) in [6.45, 7) is 0.972. The number of anilines is 1. The molecule has 0 radical (unpaired) electrons. The minimum absolute atomic E-state index is 0.121. The largest absolute Gasteiger partial charge is 0.454 e. The van der Waals surface area contributed by atoms with E-state index in [9.17, 15) is 4.79 Å². The van der Waals surface area contributed by atoms with Gasteiger partial charge in [-0.1, -0.05) is 42.5 Å². The van der Waals surface area contributed by atoms with Crippen molar-refractivity contribution in [2.75, 3.05) is 12.5 Å². The van der Waals surface area contributed by atoms with E-state index in [4.69, 9.17) is 15.2 Å². The van der Waals surface area contributed by atoms with E-state index in [1.165, 1.54) is 9.95 Å². The van der Waals surface area contributed by atoms with E-state index in [0.29, 0.717) is 29.2 Å². The van der Waals surface area contributed by atoms with E-state index in [1.807, 2.05) is 34.9 Å². The lowest BCUT2D eigenvalue weighted by molar-refractivity contribution is 0.174. The van der Waals surface area contributed by atoms with Gasteiger partial charge in [-0.3, -0.25) is 9.36 Å². The third-order valence-electron chi connectivity index (χ3n) is 5.71. The first kappa shape index (κ1) is 18.4. The highest BCUT2D eigenvalue weighted by Gasteiger charge is 2.17. The summed E-state index contributed by atoms with van der Waals surface area (Å²) in [5, 5.41) is 2.32. The highest BCUT2D eigenvalue weighted by atomic mass is 16.7. The molecule has 3 aromatic carbocycles. The van der Waals surface area contributed by atoms with E-state index in [2.05, 4.69) is 40.3 Å². The van der Waals surface area contributed by atoms with Crippen molar-refractivity contribution < 1.29 is 9.47 Å². The third-order valence-corrected chi connectivity index (χ3v) is 5.71. The smallest absolute Gasteiger partial charge is 0.281 e. The van der Waals surface area contributed by atoms with E-state index in [1.54, 1.807) is 6.33 Å². The minimum atomic E-state index is -0.233. The Morgan fingerprint density at radius 3 is 2.59 bits per heavy atom. The van der Waals surface area contributed by atoms with Crippen molar-refractivity contribution in [1.82, 2.24) is 19.1 Å². The molecule has 0 spiro atoms. The molecule has 0 bridgehead atoms. The molecule has 8 nitrogen and oxygen atoms in total. The summed E-state index contributed by atoms with van der Waals surface area (Å²) in [4.78, 5) is 22.1. The zero-order chi connectivity index (χ0) is 21.7. The Balaban J connectivity index is 1.39. The van der Waals surface area contributed by atoms with Gasteiger partial charge in [-0.2, -0.15) is 4.98 Å². The molecule has 1 aliphatic heterocycles. The summed E-state index contributed by atoms with van der Waals surface area (Å²) in [7, 11) is 0. The minimum Gasteiger partial charge on any atom is -0.454 e. The number of nitrogens with zero attached hydrogens (tertiary/aromatic N) is 4. The fourth-order valence-corrected chi connectivity index (χ4v) is 4.10. The number of benzene rings is 3. The number of aromatic nitrogens is 4. The molecular weight excluding hydrogens is 406 g/mol. The second-order valence-corrected chi connectivity index (χ2v) is 7.78. The Hall–Kier alpha value is -4.33. The van der Waals surface area contributed by atoms with Crippen LogP contribution in [0.4, 0.5) is 5.95 Å². The van der Waals surface area contributed by atoms with Gasteiger partial charge in [-0.05, 0) is 40.1 Å². The van der Waals surface area contributed by atoms with Gasteiger partial charge < -0.3 is 19.8 Å². The Bertz CT molecular complexity index is 1550. The first-order valence-corrected chi connectivity index (χ1v) is 10.2. The average molecular weight is 425 g/mol. The first-order chi connectivity index (χ1) is 15.7. The molecule has 0 aliphatic carbocycles. The van der Waals surface area contributed by atoms with Crippen LogP contribution >= 0.6 is 0 Å². The number of fused-ring (bicyclic) bond motifs is 3. The highest BCUT2D eigenvalue weighted by molar-refractivity contribution is 5.83. The summed E-state index contributed by atoms with van der Waals surface area (Å²) >= 11 is 0. The van der Waals surface area contributed by atoms with Gasteiger partial charge >= 0.3 is 0 Å². The second-order valence-electron chi connectivity index (χ2n) is 7.78. The van der Waals surface area contributed by atoms with E-state index in [-0.39, 0.29) is 24.8 Å². The molecule has 3 heterocycles. The lowest BCUT2D eigenvalue weighted by atomic mass is 10.1. The van der Waals surface area contributed by atoms with Gasteiger partial charge in [0, 0.05) is 6.54 Å². The monoisotopic (exact) mass is 425 g/mol. The highest BCUT2D eigenvalue weighted by Crippen LogP contribution is 2.32. The predicted octanol–water partition coefficient (Wildman–Crippen LogP) is 3.15. The zero-order valence-corrected chi connectivity index (χ0v) is 17.1. The fraction of sp³-hybridized carbons (Fsp3) is 0.125. The number of ether oxygens (including phenoxy) is 2. The molecule has 2 N–H and O–H groups in total. The molecular formula is C24H19N5O3. The maximum atomic E-state index is 13.4. The standard InChI is InChI=1S/C24H19N5O3/c25-24-27-22-21(23(30)29(24)12-16-6-8-19-20(10-16)32-14-31-19)28(13-26-22)11-15-5-7-17-3-1-2-4-18(17)9-15/h1-10,13H,11-12,14H2,(H2,25,27). The van der Waals surface area contributed by atoms with Crippen molar-refractivity contribution in [2.45, 2.75) is 13.1 Å². The first-order valence-electron chi connectivity index (χ1n) is 10.2. The van der Waals surface area contributed by atoms with Crippen LogP contribution < -0.4 is 20.8 Å². The summed E-state index contributed by atoms with van der Waals surface area (Å²) in [6, 6.07) is 20.0. The molecule has 0 amide bonds. The molecule has 0 fully saturated rings. The Kier molecular flexibility index (Phi) is 4.10. The van der Waals surface area contributed by atoms with E-state index < -0.39 is 0 Å². The molecule has 158 valence electrons. The van der Waals surface area contributed by atoms with Crippen LogP contribution in [0.1, 0.15) is 11.1 Å². The number of hydrogen-bond acceptors (Lipinski definition) is 6. The summed E-state index contributed by atoms with van der Waals surface area (Å²) in [5.41, 5.74) is 8.59. The average Bonchev–Trinajstić information content (AvgIpc) is 3.43. The maximum absolute atomic E-state index is 13.4. The van der Waals surface area contributed by atoms with Crippen LogP contribution in [-0.2, 0) is 13.1 Å². The Morgan fingerprint density at radius 2 is 1.69 bits per heavy atom. The molecule has 0 saturated heterocycles. The van der Waals surface area contributed by atoms with Crippen LogP contribution in [0.25, 0.3) is 21.9 Å². The molecule has 1 aliphatic rings. The lowest BCUT2D eigenvalue weighted by Crippen LogP contribution is -2.26. The fourth-order valence-electron chi connectivity index (χ4n) is 4.10. The molecule has 32 heavy (non-hydrogen) atoms. The summed E-state index contributed by atoms with van der Waals surface area (Å²) in [6.07, 6.45) is 1.64. The van der Waals surface area contributed by atoms with Gasteiger partial charge in [0.2, 0.25) is 12.7 Å². The Morgan fingerprint density at radius 1 is 0.906 bits per heavy atom. The molecule has 0 saturated carbocycles. The van der Waals surface area contributed by atoms with Crippen molar-refractivity contribution in [1.29, 1.82) is 0 Å². The van der Waals surface area contributed by atoms with Crippen molar-refractivity contribution >= 4 is 27.9 Å². The van der Waals surface area contributed by atoms with Gasteiger partial charge in [0.05, 0.1) is 12.9 Å². The van der Waals surface area contributed by atoms with Crippen LogP contribution in [0.2, 0.25) is 0 Å². The summed E-state index contributed by atoms with van der Waals surface area (Å²) < 4.78 is 14.1. The quantitative estimate of drug-likeness (QED) is 0.475. The molecule has 0 unspecified atom stereocenters. The predicted molar refractivity (Wildman–Crippen MR) is 121 cm³/mol. The van der Waals surface area contributed by atoms with Gasteiger partial charge in [-0.25, -0.2) is 4.98 Å². The number of hydrogen-bond donors (Lipinski definition) is 1. The number of nitrogen functional groups attached to an aromatic ring is 1. The number of nitrogens with two attached hydrogens (primary N) is 1. The van der Waals surface area contributed by atoms with E-state index in [0.717, 1.165) is 16.5 Å². The van der Waals surface area contributed by atoms with Crippen LogP contribution in [0, 0.1) is 0 Å². The van der Waals surface area contributed by atoms with Gasteiger partial charge in [0.25, 0.3) is 5.56 Å². The molecule has 0 atom stereocenters. The van der Waals surface area contributed by atoms with Crippen LogP contribution in [0.15, 0.2) is 71.8 Å². The van der Waals surface area contributed by atoms with E-state index >= 15 is 0 Å². The maximum Gasteiger partial charge on any atom is 0.281 e. The van der Waals surface area contributed by atoms with Crippen LogP contribution in [-0.4, -0.2) is 25.9 Å². The van der Waals surface area contributed by atoms with Gasteiger partial charge in [0.15, 0.2) is 22.7 Å². The topological polar surface area (TPSA) is 97.2 Å². The second kappa shape index (κ2) is 7.12. The van der Waals surface area contributed by atoms with Crippen molar-refractivity contribution in [3.63, 3.8) is 0 Å². The zero-order valence-electron chi connectivity index (χ0n) is 17.1. The molecule has 5 aromatic rings. The Labute approximate surface area is 182 Å². The molecule has 8 heteroatoms. The lowest BCUT2D eigenvalue weighted by Gasteiger charge is -2.11.